The van der Waals surface area contributed by atoms with Crippen molar-refractivity contribution in [1.82, 2.24) is 0 Å². The molecule has 0 bridgehead atoms. The summed E-state index contributed by atoms with van der Waals surface area (Å²) in [5.74, 6) is 3.91. The summed E-state index contributed by atoms with van der Waals surface area (Å²) in [6.45, 7) is 8.05. The Balaban J connectivity index is 1.27. The summed E-state index contributed by atoms with van der Waals surface area (Å²) >= 11 is 0. The van der Waals surface area contributed by atoms with Gasteiger partial charge in [0, 0.05) is 20.3 Å². The van der Waals surface area contributed by atoms with Gasteiger partial charge in [-0.05, 0) is 134 Å². The maximum atomic E-state index is 9.45. The zero-order chi connectivity index (χ0) is 29.7. The van der Waals surface area contributed by atoms with Crippen molar-refractivity contribution in [3.8, 4) is 11.1 Å². The molecule has 0 amide bonds. The molecule has 0 aromatic heterocycles. The molecular formula is C40H62O2. The van der Waals surface area contributed by atoms with E-state index in [1.807, 2.05) is 0 Å². The number of unbranched alkanes of at least 4 members (excludes halogenated alkanes) is 2. The van der Waals surface area contributed by atoms with Crippen LogP contribution in [0.4, 0.5) is 0 Å². The lowest BCUT2D eigenvalue weighted by Crippen LogP contribution is -2.26. The van der Waals surface area contributed by atoms with E-state index in [1.165, 1.54) is 112 Å². The molecule has 1 N–H and O–H groups in total. The molecule has 0 spiro atoms. The van der Waals surface area contributed by atoms with Crippen LogP contribution in [-0.4, -0.2) is 25.4 Å². The molecule has 1 unspecified atom stereocenters. The first-order valence-corrected chi connectivity index (χ1v) is 17.9. The van der Waals surface area contributed by atoms with Crippen LogP contribution in [0.1, 0.15) is 139 Å². The van der Waals surface area contributed by atoms with Gasteiger partial charge in [-0.3, -0.25) is 0 Å². The fourth-order valence-corrected chi connectivity index (χ4v) is 8.41. The average molecular weight is 575 g/mol. The smallest absolute Gasteiger partial charge is 0.0493 e. The molecule has 2 aromatic carbocycles. The number of aliphatic hydroxyl groups excluding tert-OH is 1. The molecule has 42 heavy (non-hydrogen) atoms. The van der Waals surface area contributed by atoms with E-state index in [-0.39, 0.29) is 0 Å². The molecule has 234 valence electrons. The molecule has 0 saturated heterocycles. The molecule has 1 atom stereocenters. The minimum Gasteiger partial charge on any atom is -0.396 e. The Bertz CT molecular complexity index is 1040. The van der Waals surface area contributed by atoms with Crippen LogP contribution in [0, 0.1) is 23.7 Å². The predicted molar refractivity (Wildman–Crippen MR) is 180 cm³/mol. The minimum atomic E-state index is 0.299. The van der Waals surface area contributed by atoms with E-state index >= 15 is 0 Å². The predicted octanol–water partition coefficient (Wildman–Crippen LogP) is 10.7. The van der Waals surface area contributed by atoms with Gasteiger partial charge in [-0.1, -0.05) is 95.7 Å². The molecule has 0 radical (unpaired) electrons. The lowest BCUT2D eigenvalue weighted by Gasteiger charge is -2.35. The van der Waals surface area contributed by atoms with Gasteiger partial charge in [-0.25, -0.2) is 0 Å². The molecule has 2 nitrogen and oxygen atoms in total. The zero-order valence-electron chi connectivity index (χ0n) is 27.6. The van der Waals surface area contributed by atoms with Crippen molar-refractivity contribution in [2.75, 3.05) is 20.3 Å². The number of methoxy groups -OCH3 is 1. The number of aryl methyl sites for hydroxylation is 3. The van der Waals surface area contributed by atoms with E-state index in [2.05, 4.69) is 57.2 Å². The van der Waals surface area contributed by atoms with E-state index in [9.17, 15) is 5.11 Å². The summed E-state index contributed by atoms with van der Waals surface area (Å²) < 4.78 is 5.46. The fraction of sp³-hybridized carbons (Fsp3) is 0.700. The molecule has 2 aliphatic rings. The fourth-order valence-electron chi connectivity index (χ4n) is 8.41. The van der Waals surface area contributed by atoms with E-state index in [0.29, 0.717) is 12.5 Å². The first kappa shape index (κ1) is 33.3. The van der Waals surface area contributed by atoms with Crippen molar-refractivity contribution in [2.24, 2.45) is 23.7 Å². The van der Waals surface area contributed by atoms with Crippen molar-refractivity contribution >= 4 is 0 Å². The van der Waals surface area contributed by atoms with Crippen LogP contribution in [0.15, 0.2) is 36.4 Å². The Morgan fingerprint density at radius 2 is 1.45 bits per heavy atom. The number of hydrogen-bond donors (Lipinski definition) is 1. The first-order valence-electron chi connectivity index (χ1n) is 17.9. The summed E-state index contributed by atoms with van der Waals surface area (Å²) in [7, 11) is 1.80. The molecule has 2 fully saturated rings. The molecule has 2 saturated carbocycles. The second-order valence-electron chi connectivity index (χ2n) is 13.9. The molecular weight excluding hydrogens is 512 g/mol. The average Bonchev–Trinajstić information content (AvgIpc) is 3.04. The summed E-state index contributed by atoms with van der Waals surface area (Å²) in [4.78, 5) is 0. The zero-order valence-corrected chi connectivity index (χ0v) is 27.6. The van der Waals surface area contributed by atoms with Crippen LogP contribution in [-0.2, 0) is 24.0 Å². The molecule has 4 rings (SSSR count). The Hall–Kier alpha value is -1.64. The second kappa shape index (κ2) is 17.6. The number of hydrogen-bond acceptors (Lipinski definition) is 2. The number of benzene rings is 2. The summed E-state index contributed by atoms with van der Waals surface area (Å²) in [5, 5.41) is 9.45. The highest BCUT2D eigenvalue weighted by Crippen LogP contribution is 2.42. The third-order valence-electron chi connectivity index (χ3n) is 11.2. The number of ether oxygens (including phenoxy) is 1. The van der Waals surface area contributed by atoms with Crippen LogP contribution < -0.4 is 0 Å². The van der Waals surface area contributed by atoms with E-state index < -0.39 is 0 Å². The third kappa shape index (κ3) is 9.18. The number of aliphatic hydroxyl groups is 1. The van der Waals surface area contributed by atoms with Crippen LogP contribution in [0.25, 0.3) is 11.1 Å². The highest BCUT2D eigenvalue weighted by atomic mass is 16.5. The standard InChI is InChI=1S/C40H62O2/c1-5-8-9-10-34-21-22-38(27-32(34)6-2)40-24-23-37(28-33(40)7-3)35-17-13-30(14-18-35)11-12-31-15-19-36(20-16-31)39(25-26-41)29-42-4/h21-24,27-28,30-31,35-36,39,41H,5-20,25-26,29H2,1-4H3. The maximum absolute atomic E-state index is 9.45. The minimum absolute atomic E-state index is 0.299. The lowest BCUT2D eigenvalue weighted by molar-refractivity contribution is 0.0758. The van der Waals surface area contributed by atoms with E-state index in [1.54, 1.807) is 18.2 Å². The van der Waals surface area contributed by atoms with Crippen LogP contribution >= 0.6 is 0 Å². The van der Waals surface area contributed by atoms with Gasteiger partial charge >= 0.3 is 0 Å². The van der Waals surface area contributed by atoms with E-state index in [0.717, 1.165) is 49.5 Å². The Morgan fingerprint density at radius 1 is 0.762 bits per heavy atom. The summed E-state index contributed by atoms with van der Waals surface area (Å²) in [6.07, 6.45) is 22.2. The largest absolute Gasteiger partial charge is 0.396 e. The Labute approximate surface area is 259 Å². The van der Waals surface area contributed by atoms with Crippen molar-refractivity contribution in [3.05, 3.63) is 58.7 Å². The number of rotatable bonds is 16. The summed E-state index contributed by atoms with van der Waals surface area (Å²) in [5.41, 5.74) is 9.07. The second-order valence-corrected chi connectivity index (χ2v) is 13.9. The van der Waals surface area contributed by atoms with Crippen LogP contribution in [0.5, 0.6) is 0 Å². The Morgan fingerprint density at radius 3 is 2.07 bits per heavy atom. The third-order valence-corrected chi connectivity index (χ3v) is 11.2. The molecule has 2 aliphatic carbocycles. The SMILES string of the molecule is CCCCCc1ccc(-c2ccc(C3CCC(CCC4CCC(C(CCO)COC)CC4)CC3)cc2CC)cc1CC. The van der Waals surface area contributed by atoms with Crippen molar-refractivity contribution < 1.29 is 9.84 Å². The molecule has 0 aliphatic heterocycles. The highest BCUT2D eigenvalue weighted by Gasteiger charge is 2.29. The lowest BCUT2D eigenvalue weighted by atomic mass is 9.72. The van der Waals surface area contributed by atoms with Gasteiger partial charge in [0.25, 0.3) is 0 Å². The van der Waals surface area contributed by atoms with Gasteiger partial charge in [0.1, 0.15) is 0 Å². The van der Waals surface area contributed by atoms with Crippen molar-refractivity contribution in [3.63, 3.8) is 0 Å². The van der Waals surface area contributed by atoms with Gasteiger partial charge in [-0.15, -0.1) is 0 Å². The van der Waals surface area contributed by atoms with Gasteiger partial charge in [0.15, 0.2) is 0 Å². The topological polar surface area (TPSA) is 29.5 Å². The van der Waals surface area contributed by atoms with Crippen molar-refractivity contribution in [1.29, 1.82) is 0 Å². The first-order chi connectivity index (χ1) is 20.6. The normalized spacial score (nSPS) is 23.6. The van der Waals surface area contributed by atoms with E-state index in [4.69, 9.17) is 4.74 Å². The van der Waals surface area contributed by atoms with Crippen molar-refractivity contribution in [2.45, 2.75) is 136 Å². The quantitative estimate of drug-likeness (QED) is 0.202. The molecule has 2 heteroatoms. The van der Waals surface area contributed by atoms with Gasteiger partial charge in [0.05, 0.1) is 0 Å². The molecule has 0 heterocycles. The maximum Gasteiger partial charge on any atom is 0.0493 e. The van der Waals surface area contributed by atoms with Gasteiger partial charge in [-0.2, -0.15) is 0 Å². The van der Waals surface area contributed by atoms with Gasteiger partial charge in [0.2, 0.25) is 0 Å². The van der Waals surface area contributed by atoms with Crippen LogP contribution in [0.2, 0.25) is 0 Å². The van der Waals surface area contributed by atoms with Gasteiger partial charge < -0.3 is 9.84 Å². The monoisotopic (exact) mass is 574 g/mol. The summed E-state index contributed by atoms with van der Waals surface area (Å²) in [6, 6.07) is 14.8. The van der Waals surface area contributed by atoms with Crippen LogP contribution in [0.3, 0.4) is 0 Å². The Kier molecular flexibility index (Phi) is 13.9. The highest BCUT2D eigenvalue weighted by molar-refractivity contribution is 5.69. The molecule has 2 aromatic rings.